The lowest BCUT2D eigenvalue weighted by Gasteiger charge is -2.31. The first-order valence-electron chi connectivity index (χ1n) is 10.4. The van der Waals surface area contributed by atoms with Gasteiger partial charge in [-0.25, -0.2) is 0 Å². The standard InChI is InChI=1S/C24H30N2O2/c27-23(14-13-21-10-5-2-6-11-21)26-18-15-22(16-19-26)24(28)25-17-7-12-20-8-3-1-4-9-20/h1-6,8-11,22H,7,12-19H2,(H,25,28). The summed E-state index contributed by atoms with van der Waals surface area (Å²) in [6.45, 7) is 2.09. The van der Waals surface area contributed by atoms with Gasteiger partial charge in [0.25, 0.3) is 0 Å². The molecule has 148 valence electrons. The summed E-state index contributed by atoms with van der Waals surface area (Å²) in [5.74, 6) is 0.380. The molecule has 4 heteroatoms. The van der Waals surface area contributed by atoms with Crippen molar-refractivity contribution in [3.8, 4) is 0 Å². The van der Waals surface area contributed by atoms with Crippen LogP contribution in [0.1, 0.15) is 36.8 Å². The smallest absolute Gasteiger partial charge is 0.223 e. The lowest BCUT2D eigenvalue weighted by molar-refractivity contribution is -0.135. The maximum absolute atomic E-state index is 12.4. The summed E-state index contributed by atoms with van der Waals surface area (Å²) < 4.78 is 0. The average molecular weight is 379 g/mol. The number of benzene rings is 2. The second-order valence-electron chi connectivity index (χ2n) is 7.52. The molecular weight excluding hydrogens is 348 g/mol. The second-order valence-corrected chi connectivity index (χ2v) is 7.52. The zero-order chi connectivity index (χ0) is 19.6. The summed E-state index contributed by atoms with van der Waals surface area (Å²) in [6.07, 6.45) is 4.78. The van der Waals surface area contributed by atoms with Gasteiger partial charge in [-0.15, -0.1) is 0 Å². The number of nitrogens with zero attached hydrogens (tertiary/aromatic N) is 1. The van der Waals surface area contributed by atoms with E-state index >= 15 is 0 Å². The van der Waals surface area contributed by atoms with Crippen molar-refractivity contribution in [2.45, 2.75) is 38.5 Å². The minimum absolute atomic E-state index is 0.0369. The maximum Gasteiger partial charge on any atom is 0.223 e. The minimum atomic E-state index is 0.0369. The van der Waals surface area contributed by atoms with Gasteiger partial charge in [0, 0.05) is 32.0 Å². The van der Waals surface area contributed by atoms with Crippen LogP contribution in [0.15, 0.2) is 60.7 Å². The van der Waals surface area contributed by atoms with E-state index < -0.39 is 0 Å². The van der Waals surface area contributed by atoms with Crippen LogP contribution in [0.2, 0.25) is 0 Å². The molecule has 4 nitrogen and oxygen atoms in total. The average Bonchev–Trinajstić information content (AvgIpc) is 2.76. The zero-order valence-electron chi connectivity index (χ0n) is 16.5. The topological polar surface area (TPSA) is 49.4 Å². The quantitative estimate of drug-likeness (QED) is 0.714. The fourth-order valence-corrected chi connectivity index (χ4v) is 3.74. The Morgan fingerprint density at radius 3 is 2.04 bits per heavy atom. The fraction of sp³-hybridized carbons (Fsp3) is 0.417. The molecule has 1 N–H and O–H groups in total. The Labute approximate surface area is 167 Å². The summed E-state index contributed by atoms with van der Waals surface area (Å²) in [4.78, 5) is 26.7. The van der Waals surface area contributed by atoms with Gasteiger partial charge >= 0.3 is 0 Å². The van der Waals surface area contributed by atoms with E-state index in [0.717, 1.165) is 32.1 Å². The van der Waals surface area contributed by atoms with Crippen molar-refractivity contribution >= 4 is 11.8 Å². The van der Waals surface area contributed by atoms with Gasteiger partial charge in [-0.2, -0.15) is 0 Å². The van der Waals surface area contributed by atoms with E-state index in [1.54, 1.807) is 0 Å². The molecule has 28 heavy (non-hydrogen) atoms. The molecule has 0 bridgehead atoms. The molecular formula is C24H30N2O2. The predicted molar refractivity (Wildman–Crippen MR) is 112 cm³/mol. The molecule has 0 unspecified atom stereocenters. The number of rotatable bonds is 8. The monoisotopic (exact) mass is 378 g/mol. The molecule has 0 radical (unpaired) electrons. The van der Waals surface area contributed by atoms with Crippen LogP contribution in [-0.2, 0) is 22.4 Å². The molecule has 2 aromatic carbocycles. The first-order chi connectivity index (χ1) is 13.7. The van der Waals surface area contributed by atoms with E-state index in [1.807, 2.05) is 41.3 Å². The molecule has 0 spiro atoms. The number of likely N-dealkylation sites (tertiary alicyclic amines) is 1. The second kappa shape index (κ2) is 10.6. The molecule has 1 heterocycles. The van der Waals surface area contributed by atoms with Crippen molar-refractivity contribution in [2.24, 2.45) is 5.92 Å². The van der Waals surface area contributed by atoms with Gasteiger partial charge in [0.1, 0.15) is 0 Å². The number of hydrogen-bond donors (Lipinski definition) is 1. The number of aryl methyl sites for hydroxylation is 2. The molecule has 1 aliphatic rings. The Kier molecular flexibility index (Phi) is 7.65. The summed E-state index contributed by atoms with van der Waals surface area (Å²) in [5, 5.41) is 3.07. The summed E-state index contributed by atoms with van der Waals surface area (Å²) >= 11 is 0. The summed E-state index contributed by atoms with van der Waals surface area (Å²) in [7, 11) is 0. The number of carbonyl (C=O) groups excluding carboxylic acids is 2. The van der Waals surface area contributed by atoms with E-state index in [-0.39, 0.29) is 17.7 Å². The van der Waals surface area contributed by atoms with Gasteiger partial charge in [0.15, 0.2) is 0 Å². The Bertz CT molecular complexity index is 738. The molecule has 0 aliphatic carbocycles. The van der Waals surface area contributed by atoms with E-state index in [9.17, 15) is 9.59 Å². The van der Waals surface area contributed by atoms with Crippen LogP contribution in [0.3, 0.4) is 0 Å². The number of piperidine rings is 1. The summed E-state index contributed by atoms with van der Waals surface area (Å²) in [6, 6.07) is 20.5. The maximum atomic E-state index is 12.4. The number of nitrogens with one attached hydrogen (secondary N) is 1. The summed E-state index contributed by atoms with van der Waals surface area (Å²) in [5.41, 5.74) is 2.50. The first-order valence-corrected chi connectivity index (χ1v) is 10.4. The largest absolute Gasteiger partial charge is 0.356 e. The lowest BCUT2D eigenvalue weighted by Crippen LogP contribution is -2.43. The Morgan fingerprint density at radius 1 is 0.857 bits per heavy atom. The Morgan fingerprint density at radius 2 is 1.43 bits per heavy atom. The van der Waals surface area contributed by atoms with Crippen molar-refractivity contribution in [3.63, 3.8) is 0 Å². The van der Waals surface area contributed by atoms with Crippen LogP contribution in [0.4, 0.5) is 0 Å². The lowest BCUT2D eigenvalue weighted by atomic mass is 9.95. The van der Waals surface area contributed by atoms with Gasteiger partial charge in [-0.05, 0) is 43.2 Å². The Hall–Kier alpha value is -2.62. The van der Waals surface area contributed by atoms with Crippen LogP contribution in [0.25, 0.3) is 0 Å². The van der Waals surface area contributed by atoms with E-state index in [2.05, 4.69) is 29.6 Å². The minimum Gasteiger partial charge on any atom is -0.356 e. The highest BCUT2D eigenvalue weighted by atomic mass is 16.2. The number of hydrogen-bond acceptors (Lipinski definition) is 2. The van der Waals surface area contributed by atoms with Crippen molar-refractivity contribution in [3.05, 3.63) is 71.8 Å². The molecule has 3 rings (SSSR count). The van der Waals surface area contributed by atoms with Crippen molar-refractivity contribution < 1.29 is 9.59 Å². The molecule has 2 amide bonds. The highest BCUT2D eigenvalue weighted by Crippen LogP contribution is 2.18. The third-order valence-electron chi connectivity index (χ3n) is 5.47. The van der Waals surface area contributed by atoms with Crippen LogP contribution >= 0.6 is 0 Å². The molecule has 2 aromatic rings. The molecule has 0 saturated carbocycles. The van der Waals surface area contributed by atoms with Gasteiger partial charge in [-0.1, -0.05) is 60.7 Å². The normalized spacial score (nSPS) is 14.6. The molecule has 0 atom stereocenters. The highest BCUT2D eigenvalue weighted by molar-refractivity contribution is 5.80. The number of carbonyl (C=O) groups is 2. The SMILES string of the molecule is O=C(NCCCc1ccccc1)C1CCN(C(=O)CCc2ccccc2)CC1. The van der Waals surface area contributed by atoms with Gasteiger partial charge in [0.2, 0.25) is 11.8 Å². The highest BCUT2D eigenvalue weighted by Gasteiger charge is 2.26. The van der Waals surface area contributed by atoms with Crippen LogP contribution in [0, 0.1) is 5.92 Å². The van der Waals surface area contributed by atoms with Gasteiger partial charge in [-0.3, -0.25) is 9.59 Å². The van der Waals surface area contributed by atoms with Crippen molar-refractivity contribution in [2.75, 3.05) is 19.6 Å². The zero-order valence-corrected chi connectivity index (χ0v) is 16.5. The van der Waals surface area contributed by atoms with Crippen LogP contribution < -0.4 is 5.32 Å². The molecule has 1 saturated heterocycles. The Balaban J connectivity index is 1.31. The van der Waals surface area contributed by atoms with Gasteiger partial charge in [0.05, 0.1) is 0 Å². The third-order valence-corrected chi connectivity index (χ3v) is 5.47. The first kappa shape index (κ1) is 20.1. The van der Waals surface area contributed by atoms with Crippen molar-refractivity contribution in [1.29, 1.82) is 0 Å². The fourth-order valence-electron chi connectivity index (χ4n) is 3.74. The van der Waals surface area contributed by atoms with E-state index in [4.69, 9.17) is 0 Å². The number of amides is 2. The van der Waals surface area contributed by atoms with Crippen LogP contribution in [0.5, 0.6) is 0 Å². The van der Waals surface area contributed by atoms with Gasteiger partial charge < -0.3 is 10.2 Å². The molecule has 1 aliphatic heterocycles. The van der Waals surface area contributed by atoms with Crippen LogP contribution in [-0.4, -0.2) is 36.3 Å². The van der Waals surface area contributed by atoms with E-state index in [1.165, 1.54) is 11.1 Å². The third kappa shape index (κ3) is 6.22. The van der Waals surface area contributed by atoms with Crippen molar-refractivity contribution in [1.82, 2.24) is 10.2 Å². The van der Waals surface area contributed by atoms with E-state index in [0.29, 0.717) is 26.1 Å². The molecule has 1 fully saturated rings. The molecule has 0 aromatic heterocycles. The predicted octanol–water partition coefficient (Wildman–Crippen LogP) is 3.61.